The van der Waals surface area contributed by atoms with Gasteiger partial charge in [0.1, 0.15) is 0 Å². The number of hydrogen-bond acceptors (Lipinski definition) is 3. The van der Waals surface area contributed by atoms with Crippen molar-refractivity contribution in [2.24, 2.45) is 5.73 Å². The molecule has 1 unspecified atom stereocenters. The molecule has 17 heavy (non-hydrogen) atoms. The predicted molar refractivity (Wildman–Crippen MR) is 65.6 cm³/mol. The Balaban J connectivity index is 2.69. The molecule has 0 fully saturated rings. The fourth-order valence-electron chi connectivity index (χ4n) is 1.35. The molecular weight excluding hydrogens is 221 g/mol. The lowest BCUT2D eigenvalue weighted by atomic mass is 10.1. The van der Waals surface area contributed by atoms with E-state index in [0.29, 0.717) is 12.2 Å². The van der Waals surface area contributed by atoms with Crippen molar-refractivity contribution in [2.75, 3.05) is 13.7 Å². The standard InChI is InChI=1S/C13H20FNO2/c1-13(2,3)17-8-11(15)9-5-6-12(16-4)10(14)7-9/h5-7,11H,8,15H2,1-4H3. The van der Waals surface area contributed by atoms with E-state index in [1.165, 1.54) is 13.2 Å². The molecule has 0 heterocycles. The summed E-state index contributed by atoms with van der Waals surface area (Å²) in [5, 5.41) is 0. The quantitative estimate of drug-likeness (QED) is 0.881. The van der Waals surface area contributed by atoms with E-state index in [4.69, 9.17) is 15.2 Å². The summed E-state index contributed by atoms with van der Waals surface area (Å²) in [7, 11) is 1.43. The summed E-state index contributed by atoms with van der Waals surface area (Å²) < 4.78 is 23.9. The van der Waals surface area contributed by atoms with Crippen molar-refractivity contribution in [2.45, 2.75) is 32.4 Å². The molecular formula is C13H20FNO2. The van der Waals surface area contributed by atoms with Crippen LogP contribution in [0.1, 0.15) is 32.4 Å². The number of halogens is 1. The highest BCUT2D eigenvalue weighted by Crippen LogP contribution is 2.22. The first-order valence-corrected chi connectivity index (χ1v) is 5.56. The largest absolute Gasteiger partial charge is 0.494 e. The summed E-state index contributed by atoms with van der Waals surface area (Å²) in [5.74, 6) is -0.186. The van der Waals surface area contributed by atoms with E-state index < -0.39 is 5.82 Å². The van der Waals surface area contributed by atoms with Gasteiger partial charge in [-0.1, -0.05) is 6.07 Å². The Morgan fingerprint density at radius 1 is 1.35 bits per heavy atom. The predicted octanol–water partition coefficient (Wildman–Crippen LogP) is 2.65. The second-order valence-corrected chi connectivity index (χ2v) is 4.92. The second-order valence-electron chi connectivity index (χ2n) is 4.92. The Kier molecular flexibility index (Phi) is 4.48. The number of rotatable bonds is 4. The summed E-state index contributed by atoms with van der Waals surface area (Å²) in [5.41, 5.74) is 6.38. The molecule has 1 aromatic rings. The van der Waals surface area contributed by atoms with Crippen LogP contribution in [0.15, 0.2) is 18.2 Å². The van der Waals surface area contributed by atoms with Crippen LogP contribution in [-0.4, -0.2) is 19.3 Å². The van der Waals surface area contributed by atoms with Crippen LogP contribution in [0.2, 0.25) is 0 Å². The van der Waals surface area contributed by atoms with E-state index >= 15 is 0 Å². The minimum atomic E-state index is -0.406. The lowest BCUT2D eigenvalue weighted by Crippen LogP contribution is -2.26. The first-order valence-electron chi connectivity index (χ1n) is 5.56. The van der Waals surface area contributed by atoms with Crippen LogP contribution in [0.5, 0.6) is 5.75 Å². The van der Waals surface area contributed by atoms with Crippen molar-refractivity contribution in [3.8, 4) is 5.75 Å². The SMILES string of the molecule is COc1ccc(C(N)COC(C)(C)C)cc1F. The number of methoxy groups -OCH3 is 1. The third-order valence-corrected chi connectivity index (χ3v) is 2.30. The van der Waals surface area contributed by atoms with Crippen molar-refractivity contribution in [1.29, 1.82) is 0 Å². The number of ether oxygens (including phenoxy) is 2. The van der Waals surface area contributed by atoms with E-state index in [1.54, 1.807) is 12.1 Å². The summed E-state index contributed by atoms with van der Waals surface area (Å²) in [6.07, 6.45) is 0. The van der Waals surface area contributed by atoms with Gasteiger partial charge in [0.05, 0.1) is 25.4 Å². The molecule has 0 aromatic heterocycles. The maximum Gasteiger partial charge on any atom is 0.165 e. The zero-order valence-electron chi connectivity index (χ0n) is 10.8. The van der Waals surface area contributed by atoms with Crippen LogP contribution in [0, 0.1) is 5.82 Å². The van der Waals surface area contributed by atoms with Crippen LogP contribution < -0.4 is 10.5 Å². The van der Waals surface area contributed by atoms with E-state index in [9.17, 15) is 4.39 Å². The zero-order valence-corrected chi connectivity index (χ0v) is 10.8. The number of benzene rings is 1. The molecule has 1 atom stereocenters. The average molecular weight is 241 g/mol. The average Bonchev–Trinajstić information content (AvgIpc) is 2.24. The molecule has 0 saturated heterocycles. The minimum Gasteiger partial charge on any atom is -0.494 e. The normalized spacial score (nSPS) is 13.5. The zero-order chi connectivity index (χ0) is 13.1. The van der Waals surface area contributed by atoms with E-state index in [-0.39, 0.29) is 17.4 Å². The summed E-state index contributed by atoms with van der Waals surface area (Å²) in [6.45, 7) is 6.21. The van der Waals surface area contributed by atoms with Gasteiger partial charge in [0.15, 0.2) is 11.6 Å². The van der Waals surface area contributed by atoms with E-state index in [1.807, 2.05) is 20.8 Å². The van der Waals surface area contributed by atoms with Gasteiger partial charge in [-0.3, -0.25) is 0 Å². The molecule has 1 rings (SSSR count). The minimum absolute atomic E-state index is 0.220. The third-order valence-electron chi connectivity index (χ3n) is 2.30. The number of nitrogens with two attached hydrogens (primary N) is 1. The molecule has 0 aliphatic heterocycles. The highest BCUT2D eigenvalue weighted by atomic mass is 19.1. The van der Waals surface area contributed by atoms with E-state index in [0.717, 1.165) is 0 Å². The summed E-state index contributed by atoms with van der Waals surface area (Å²) >= 11 is 0. The maximum atomic E-state index is 13.5. The van der Waals surface area contributed by atoms with Gasteiger partial charge in [0.2, 0.25) is 0 Å². The molecule has 2 N–H and O–H groups in total. The van der Waals surface area contributed by atoms with Crippen LogP contribution in [-0.2, 0) is 4.74 Å². The van der Waals surface area contributed by atoms with Gasteiger partial charge < -0.3 is 15.2 Å². The molecule has 0 radical (unpaired) electrons. The van der Waals surface area contributed by atoms with Crippen molar-refractivity contribution in [3.05, 3.63) is 29.6 Å². The summed E-state index contributed by atoms with van der Waals surface area (Å²) in [6, 6.07) is 4.37. The fourth-order valence-corrected chi connectivity index (χ4v) is 1.35. The molecule has 0 amide bonds. The van der Waals surface area contributed by atoms with Crippen LogP contribution in [0.25, 0.3) is 0 Å². The smallest absolute Gasteiger partial charge is 0.165 e. The Morgan fingerprint density at radius 3 is 2.47 bits per heavy atom. The Bertz CT molecular complexity index is 374. The van der Waals surface area contributed by atoms with Gasteiger partial charge in [0, 0.05) is 0 Å². The van der Waals surface area contributed by atoms with Crippen LogP contribution in [0.3, 0.4) is 0 Å². The lowest BCUT2D eigenvalue weighted by molar-refractivity contribution is -0.0102. The molecule has 1 aromatic carbocycles. The second kappa shape index (κ2) is 5.47. The molecule has 96 valence electrons. The molecule has 0 aliphatic carbocycles. The molecule has 0 saturated carbocycles. The fraction of sp³-hybridized carbons (Fsp3) is 0.538. The molecule has 0 spiro atoms. The van der Waals surface area contributed by atoms with Crippen molar-refractivity contribution in [3.63, 3.8) is 0 Å². The third kappa shape index (κ3) is 4.32. The van der Waals surface area contributed by atoms with Gasteiger partial charge in [-0.2, -0.15) is 0 Å². The van der Waals surface area contributed by atoms with Crippen molar-refractivity contribution < 1.29 is 13.9 Å². The lowest BCUT2D eigenvalue weighted by Gasteiger charge is -2.22. The first kappa shape index (κ1) is 13.9. The van der Waals surface area contributed by atoms with Crippen LogP contribution in [0.4, 0.5) is 4.39 Å². The molecule has 3 nitrogen and oxygen atoms in total. The summed E-state index contributed by atoms with van der Waals surface area (Å²) in [4.78, 5) is 0. The highest BCUT2D eigenvalue weighted by molar-refractivity contribution is 5.30. The van der Waals surface area contributed by atoms with E-state index in [2.05, 4.69) is 0 Å². The van der Waals surface area contributed by atoms with Gasteiger partial charge >= 0.3 is 0 Å². The Morgan fingerprint density at radius 2 is 2.00 bits per heavy atom. The molecule has 0 aliphatic rings. The number of hydrogen-bond donors (Lipinski definition) is 1. The Labute approximate surface area is 102 Å². The topological polar surface area (TPSA) is 44.5 Å². The maximum absolute atomic E-state index is 13.5. The van der Waals surface area contributed by atoms with Gasteiger partial charge in [0.25, 0.3) is 0 Å². The van der Waals surface area contributed by atoms with Crippen molar-refractivity contribution >= 4 is 0 Å². The Hall–Kier alpha value is -1.13. The molecule has 4 heteroatoms. The van der Waals surface area contributed by atoms with Gasteiger partial charge in [-0.05, 0) is 38.5 Å². The van der Waals surface area contributed by atoms with Crippen LogP contribution >= 0.6 is 0 Å². The van der Waals surface area contributed by atoms with Gasteiger partial charge in [-0.25, -0.2) is 4.39 Å². The first-order chi connectivity index (χ1) is 7.83. The monoisotopic (exact) mass is 241 g/mol. The highest BCUT2D eigenvalue weighted by Gasteiger charge is 2.15. The van der Waals surface area contributed by atoms with Crippen molar-refractivity contribution in [1.82, 2.24) is 0 Å². The molecule has 0 bridgehead atoms. The van der Waals surface area contributed by atoms with Gasteiger partial charge in [-0.15, -0.1) is 0 Å².